The van der Waals surface area contributed by atoms with Gasteiger partial charge in [-0.05, 0) is 37.1 Å². The van der Waals surface area contributed by atoms with Crippen LogP contribution in [0.4, 0.5) is 0 Å². The van der Waals surface area contributed by atoms with Gasteiger partial charge in [0.1, 0.15) is 0 Å². The highest BCUT2D eigenvalue weighted by Crippen LogP contribution is 2.22. The summed E-state index contributed by atoms with van der Waals surface area (Å²) in [7, 11) is -1.77. The molecule has 6 heteroatoms. The molecule has 0 spiro atoms. The van der Waals surface area contributed by atoms with E-state index in [-0.39, 0.29) is 6.04 Å². The summed E-state index contributed by atoms with van der Waals surface area (Å²) in [6.45, 7) is 4.83. The number of rotatable bonds is 6. The Hall–Kier alpha value is -0.950. The fourth-order valence-electron chi connectivity index (χ4n) is 2.50. The molecule has 1 fully saturated rings. The van der Waals surface area contributed by atoms with Crippen molar-refractivity contribution in [1.82, 2.24) is 9.62 Å². The van der Waals surface area contributed by atoms with E-state index in [2.05, 4.69) is 5.32 Å². The number of nitrogens with one attached hydrogen (secondary N) is 1. The fraction of sp³-hybridized carbons (Fsp3) is 0.600. The average molecular weight is 312 g/mol. The molecule has 1 heterocycles. The molecule has 1 aromatic rings. The van der Waals surface area contributed by atoms with Crippen LogP contribution in [-0.4, -0.2) is 45.6 Å². The first-order valence-corrected chi connectivity index (χ1v) is 8.85. The Labute approximate surface area is 127 Å². The first kappa shape index (κ1) is 16.4. The molecule has 0 aliphatic carbocycles. The van der Waals surface area contributed by atoms with Gasteiger partial charge in [0.05, 0.1) is 4.90 Å². The van der Waals surface area contributed by atoms with Gasteiger partial charge in [-0.2, -0.15) is 4.31 Å². The van der Waals surface area contributed by atoms with Gasteiger partial charge in [-0.15, -0.1) is 0 Å². The number of nitrogens with zero attached hydrogens (tertiary/aromatic N) is 1. The summed E-state index contributed by atoms with van der Waals surface area (Å²) >= 11 is 0. The number of hydrogen-bond donors (Lipinski definition) is 1. The second kappa shape index (κ2) is 7.35. The first-order chi connectivity index (χ1) is 10.1. The molecule has 21 heavy (non-hydrogen) atoms. The van der Waals surface area contributed by atoms with E-state index in [1.54, 1.807) is 25.2 Å². The molecule has 0 saturated carbocycles. The summed E-state index contributed by atoms with van der Waals surface area (Å²) in [6, 6.07) is 7.20. The minimum atomic E-state index is -3.44. The van der Waals surface area contributed by atoms with E-state index in [0.29, 0.717) is 24.7 Å². The van der Waals surface area contributed by atoms with Crippen molar-refractivity contribution in [2.75, 3.05) is 26.8 Å². The molecule has 1 aliphatic heterocycles. The van der Waals surface area contributed by atoms with Crippen LogP contribution in [0.2, 0.25) is 0 Å². The SMILES string of the molecule is CCNCc1cccc(S(=O)(=O)N(C)C2CCOCC2)c1. The van der Waals surface area contributed by atoms with Gasteiger partial charge < -0.3 is 10.1 Å². The Morgan fingerprint density at radius 3 is 2.71 bits per heavy atom. The fourth-order valence-corrected chi connectivity index (χ4v) is 3.98. The van der Waals surface area contributed by atoms with E-state index in [1.807, 2.05) is 13.0 Å². The Kier molecular flexibility index (Phi) is 5.75. The van der Waals surface area contributed by atoms with Crippen molar-refractivity contribution in [3.63, 3.8) is 0 Å². The Morgan fingerprint density at radius 2 is 2.05 bits per heavy atom. The van der Waals surface area contributed by atoms with E-state index in [4.69, 9.17) is 4.74 Å². The smallest absolute Gasteiger partial charge is 0.243 e. The lowest BCUT2D eigenvalue weighted by atomic mass is 10.1. The summed E-state index contributed by atoms with van der Waals surface area (Å²) in [6.07, 6.45) is 1.51. The second-order valence-electron chi connectivity index (χ2n) is 5.29. The van der Waals surface area contributed by atoms with E-state index < -0.39 is 10.0 Å². The van der Waals surface area contributed by atoms with Crippen molar-refractivity contribution in [3.8, 4) is 0 Å². The average Bonchev–Trinajstić information content (AvgIpc) is 2.53. The molecular formula is C15H24N2O3S. The maximum absolute atomic E-state index is 12.7. The van der Waals surface area contributed by atoms with Crippen molar-refractivity contribution in [2.45, 2.75) is 37.2 Å². The van der Waals surface area contributed by atoms with Crippen LogP contribution in [-0.2, 0) is 21.3 Å². The van der Waals surface area contributed by atoms with Crippen molar-refractivity contribution in [3.05, 3.63) is 29.8 Å². The zero-order valence-corrected chi connectivity index (χ0v) is 13.5. The second-order valence-corrected chi connectivity index (χ2v) is 7.29. The predicted molar refractivity (Wildman–Crippen MR) is 82.6 cm³/mol. The molecule has 1 aliphatic rings. The van der Waals surface area contributed by atoms with Gasteiger partial charge in [0.2, 0.25) is 10.0 Å². The quantitative estimate of drug-likeness (QED) is 0.867. The standard InChI is InChI=1S/C15H24N2O3S/c1-3-16-12-13-5-4-6-15(11-13)21(18,19)17(2)14-7-9-20-10-8-14/h4-6,11,14,16H,3,7-10,12H2,1-2H3. The Balaban J connectivity index is 2.17. The number of hydrogen-bond acceptors (Lipinski definition) is 4. The Morgan fingerprint density at radius 1 is 1.33 bits per heavy atom. The van der Waals surface area contributed by atoms with E-state index in [0.717, 1.165) is 24.9 Å². The molecule has 1 aromatic carbocycles. The molecule has 0 aromatic heterocycles. The highest BCUT2D eigenvalue weighted by molar-refractivity contribution is 7.89. The summed E-state index contributed by atoms with van der Waals surface area (Å²) in [5.74, 6) is 0. The minimum Gasteiger partial charge on any atom is -0.381 e. The van der Waals surface area contributed by atoms with Crippen LogP contribution in [0.1, 0.15) is 25.3 Å². The van der Waals surface area contributed by atoms with Crippen LogP contribution in [0, 0.1) is 0 Å². The predicted octanol–water partition coefficient (Wildman–Crippen LogP) is 1.60. The van der Waals surface area contributed by atoms with Gasteiger partial charge in [-0.3, -0.25) is 0 Å². The zero-order chi connectivity index (χ0) is 15.3. The summed E-state index contributed by atoms with van der Waals surface area (Å²) in [5, 5.41) is 3.21. The molecule has 1 N–H and O–H groups in total. The molecule has 0 amide bonds. The topological polar surface area (TPSA) is 58.6 Å². The maximum Gasteiger partial charge on any atom is 0.243 e. The van der Waals surface area contributed by atoms with E-state index >= 15 is 0 Å². The minimum absolute atomic E-state index is 0.0289. The Bertz CT molecular complexity index is 554. The van der Waals surface area contributed by atoms with Crippen LogP contribution in [0.15, 0.2) is 29.2 Å². The van der Waals surface area contributed by atoms with E-state index in [1.165, 1.54) is 4.31 Å². The third kappa shape index (κ3) is 4.03. The van der Waals surface area contributed by atoms with Gasteiger partial charge in [-0.1, -0.05) is 19.1 Å². The molecule has 2 rings (SSSR count). The lowest BCUT2D eigenvalue weighted by Gasteiger charge is -2.30. The lowest BCUT2D eigenvalue weighted by Crippen LogP contribution is -2.40. The van der Waals surface area contributed by atoms with Gasteiger partial charge >= 0.3 is 0 Å². The third-order valence-corrected chi connectivity index (χ3v) is 5.77. The molecule has 0 atom stereocenters. The number of ether oxygens (including phenoxy) is 1. The van der Waals surface area contributed by atoms with Gasteiger partial charge in [0.15, 0.2) is 0 Å². The molecular weight excluding hydrogens is 288 g/mol. The summed E-state index contributed by atoms with van der Waals surface area (Å²) < 4.78 is 32.2. The maximum atomic E-state index is 12.7. The third-order valence-electron chi connectivity index (χ3n) is 3.86. The molecule has 5 nitrogen and oxygen atoms in total. The monoisotopic (exact) mass is 312 g/mol. The summed E-state index contributed by atoms with van der Waals surface area (Å²) in [5.41, 5.74) is 0.985. The molecule has 0 bridgehead atoms. The largest absolute Gasteiger partial charge is 0.381 e. The molecule has 118 valence electrons. The van der Waals surface area contributed by atoms with Crippen molar-refractivity contribution in [2.24, 2.45) is 0 Å². The molecule has 0 radical (unpaired) electrons. The summed E-state index contributed by atoms with van der Waals surface area (Å²) in [4.78, 5) is 0.367. The number of benzene rings is 1. The lowest BCUT2D eigenvalue weighted by molar-refractivity contribution is 0.0632. The first-order valence-electron chi connectivity index (χ1n) is 7.41. The van der Waals surface area contributed by atoms with Crippen molar-refractivity contribution < 1.29 is 13.2 Å². The van der Waals surface area contributed by atoms with Crippen LogP contribution in [0.25, 0.3) is 0 Å². The molecule has 0 unspecified atom stereocenters. The molecule has 1 saturated heterocycles. The zero-order valence-electron chi connectivity index (χ0n) is 12.7. The highest BCUT2D eigenvalue weighted by Gasteiger charge is 2.29. The van der Waals surface area contributed by atoms with Gasteiger partial charge in [0.25, 0.3) is 0 Å². The van der Waals surface area contributed by atoms with Crippen LogP contribution >= 0.6 is 0 Å². The van der Waals surface area contributed by atoms with Crippen LogP contribution < -0.4 is 5.32 Å². The normalized spacial score (nSPS) is 17.3. The number of sulfonamides is 1. The van der Waals surface area contributed by atoms with Gasteiger partial charge in [0, 0.05) is 32.8 Å². The van der Waals surface area contributed by atoms with Crippen LogP contribution in [0.3, 0.4) is 0 Å². The van der Waals surface area contributed by atoms with Crippen LogP contribution in [0.5, 0.6) is 0 Å². The highest BCUT2D eigenvalue weighted by atomic mass is 32.2. The van der Waals surface area contributed by atoms with E-state index in [9.17, 15) is 8.42 Å². The van der Waals surface area contributed by atoms with Crippen molar-refractivity contribution in [1.29, 1.82) is 0 Å². The van der Waals surface area contributed by atoms with Gasteiger partial charge in [-0.25, -0.2) is 8.42 Å². The van der Waals surface area contributed by atoms with Crippen molar-refractivity contribution >= 4 is 10.0 Å².